The Labute approximate surface area is 113 Å². The molecule has 2 rings (SSSR count). The zero-order valence-corrected chi connectivity index (χ0v) is 11.0. The molecule has 3 N–H and O–H groups in total. The standard InChI is InChI=1S/C14H21N3O2/c15-8-6-12-7-9-17(10-12)16-14(18)19-11-13-4-2-1-3-5-13/h1-5,12H,6-11,15H2,(H,16,18). The van der Waals surface area contributed by atoms with E-state index in [0.717, 1.165) is 31.5 Å². The highest BCUT2D eigenvalue weighted by Crippen LogP contribution is 2.16. The molecule has 0 radical (unpaired) electrons. The lowest BCUT2D eigenvalue weighted by atomic mass is 10.1. The minimum atomic E-state index is -0.391. The third kappa shape index (κ3) is 4.54. The molecule has 0 aliphatic carbocycles. The first-order valence-corrected chi connectivity index (χ1v) is 6.70. The Morgan fingerprint density at radius 1 is 1.42 bits per heavy atom. The van der Waals surface area contributed by atoms with Crippen LogP contribution in [0.3, 0.4) is 0 Å². The number of nitrogens with one attached hydrogen (secondary N) is 1. The van der Waals surface area contributed by atoms with E-state index in [2.05, 4.69) is 5.43 Å². The van der Waals surface area contributed by atoms with Crippen LogP contribution in [0.2, 0.25) is 0 Å². The minimum Gasteiger partial charge on any atom is -0.444 e. The molecule has 1 aromatic rings. The van der Waals surface area contributed by atoms with Gasteiger partial charge in [0.25, 0.3) is 0 Å². The van der Waals surface area contributed by atoms with Gasteiger partial charge in [-0.05, 0) is 30.9 Å². The van der Waals surface area contributed by atoms with Crippen LogP contribution in [0.15, 0.2) is 30.3 Å². The summed E-state index contributed by atoms with van der Waals surface area (Å²) in [7, 11) is 0. The van der Waals surface area contributed by atoms with Gasteiger partial charge in [-0.15, -0.1) is 0 Å². The lowest BCUT2D eigenvalue weighted by molar-refractivity contribution is 0.107. The van der Waals surface area contributed by atoms with Crippen molar-refractivity contribution in [2.45, 2.75) is 19.4 Å². The third-order valence-electron chi connectivity index (χ3n) is 3.32. The molecule has 1 atom stereocenters. The predicted octanol–water partition coefficient (Wildman–Crippen LogP) is 1.50. The summed E-state index contributed by atoms with van der Waals surface area (Å²) < 4.78 is 5.17. The van der Waals surface area contributed by atoms with Crippen molar-refractivity contribution in [2.75, 3.05) is 19.6 Å². The number of benzene rings is 1. The van der Waals surface area contributed by atoms with Crippen molar-refractivity contribution < 1.29 is 9.53 Å². The fraction of sp³-hybridized carbons (Fsp3) is 0.500. The number of ether oxygens (including phenoxy) is 1. The van der Waals surface area contributed by atoms with Gasteiger partial charge in [-0.2, -0.15) is 0 Å². The van der Waals surface area contributed by atoms with Gasteiger partial charge in [-0.3, -0.25) is 5.43 Å². The number of hydrogen-bond donors (Lipinski definition) is 2. The Morgan fingerprint density at radius 3 is 2.95 bits per heavy atom. The van der Waals surface area contributed by atoms with Crippen molar-refractivity contribution >= 4 is 6.09 Å². The molecule has 5 nitrogen and oxygen atoms in total. The molecule has 19 heavy (non-hydrogen) atoms. The Balaban J connectivity index is 1.68. The second-order valence-corrected chi connectivity index (χ2v) is 4.85. The molecular formula is C14H21N3O2. The zero-order chi connectivity index (χ0) is 13.5. The maximum absolute atomic E-state index is 11.6. The van der Waals surface area contributed by atoms with E-state index in [1.807, 2.05) is 35.3 Å². The molecule has 5 heteroatoms. The second-order valence-electron chi connectivity index (χ2n) is 4.85. The minimum absolute atomic E-state index is 0.298. The lowest BCUT2D eigenvalue weighted by Gasteiger charge is -2.17. The highest BCUT2D eigenvalue weighted by atomic mass is 16.6. The third-order valence-corrected chi connectivity index (χ3v) is 3.32. The number of hydrogen-bond acceptors (Lipinski definition) is 4. The van der Waals surface area contributed by atoms with E-state index in [9.17, 15) is 4.79 Å². The topological polar surface area (TPSA) is 67.6 Å². The summed E-state index contributed by atoms with van der Waals surface area (Å²) in [6, 6.07) is 9.65. The van der Waals surface area contributed by atoms with E-state index in [1.54, 1.807) is 0 Å². The average Bonchev–Trinajstić information content (AvgIpc) is 2.85. The maximum Gasteiger partial charge on any atom is 0.422 e. The van der Waals surface area contributed by atoms with E-state index < -0.39 is 6.09 Å². The van der Waals surface area contributed by atoms with Crippen molar-refractivity contribution in [3.8, 4) is 0 Å². The SMILES string of the molecule is NCCC1CCN(NC(=O)OCc2ccccc2)C1. The Kier molecular flexibility index (Phi) is 5.18. The summed E-state index contributed by atoms with van der Waals surface area (Å²) in [6.07, 6.45) is 1.70. The van der Waals surface area contributed by atoms with E-state index >= 15 is 0 Å². The van der Waals surface area contributed by atoms with Crippen molar-refractivity contribution in [2.24, 2.45) is 11.7 Å². The number of nitrogens with two attached hydrogens (primary N) is 1. The van der Waals surface area contributed by atoms with Crippen molar-refractivity contribution in [3.05, 3.63) is 35.9 Å². The molecule has 1 unspecified atom stereocenters. The lowest BCUT2D eigenvalue weighted by Crippen LogP contribution is -2.40. The number of amides is 1. The summed E-state index contributed by atoms with van der Waals surface area (Å²) in [5.74, 6) is 0.583. The van der Waals surface area contributed by atoms with Crippen LogP contribution < -0.4 is 11.2 Å². The molecule has 1 amide bonds. The fourth-order valence-electron chi connectivity index (χ4n) is 2.29. The van der Waals surface area contributed by atoms with Gasteiger partial charge >= 0.3 is 6.09 Å². The quantitative estimate of drug-likeness (QED) is 0.844. The first-order valence-electron chi connectivity index (χ1n) is 6.70. The molecule has 0 aromatic heterocycles. The molecule has 1 heterocycles. The molecular weight excluding hydrogens is 242 g/mol. The van der Waals surface area contributed by atoms with Crippen LogP contribution in [0.25, 0.3) is 0 Å². The number of carbonyl (C=O) groups excluding carboxylic acids is 1. The Hall–Kier alpha value is -1.59. The predicted molar refractivity (Wildman–Crippen MR) is 73.1 cm³/mol. The summed E-state index contributed by atoms with van der Waals surface area (Å²) in [6.45, 7) is 2.73. The molecule has 0 spiro atoms. The van der Waals surface area contributed by atoms with Gasteiger partial charge in [0, 0.05) is 13.1 Å². The number of hydrazine groups is 1. The second kappa shape index (κ2) is 7.11. The monoisotopic (exact) mass is 263 g/mol. The van der Waals surface area contributed by atoms with Crippen LogP contribution >= 0.6 is 0 Å². The van der Waals surface area contributed by atoms with Crippen molar-refractivity contribution in [3.63, 3.8) is 0 Å². The van der Waals surface area contributed by atoms with Gasteiger partial charge in [0.1, 0.15) is 6.61 Å². The Morgan fingerprint density at radius 2 is 2.21 bits per heavy atom. The summed E-state index contributed by atoms with van der Waals surface area (Å²) in [5, 5.41) is 1.91. The van der Waals surface area contributed by atoms with Crippen LogP contribution in [0.4, 0.5) is 4.79 Å². The van der Waals surface area contributed by atoms with Crippen LogP contribution in [-0.4, -0.2) is 30.7 Å². The normalized spacial score (nSPS) is 19.3. The van der Waals surface area contributed by atoms with Crippen LogP contribution in [-0.2, 0) is 11.3 Å². The molecule has 1 saturated heterocycles. The number of nitrogens with zero attached hydrogens (tertiary/aromatic N) is 1. The fourth-order valence-corrected chi connectivity index (χ4v) is 2.29. The van der Waals surface area contributed by atoms with E-state index in [0.29, 0.717) is 19.1 Å². The number of rotatable bonds is 5. The first-order chi connectivity index (χ1) is 9.28. The van der Waals surface area contributed by atoms with Crippen molar-refractivity contribution in [1.82, 2.24) is 10.4 Å². The van der Waals surface area contributed by atoms with Crippen LogP contribution in [0.5, 0.6) is 0 Å². The Bertz CT molecular complexity index is 397. The number of carbonyl (C=O) groups is 1. The van der Waals surface area contributed by atoms with Gasteiger partial charge in [0.15, 0.2) is 0 Å². The highest BCUT2D eigenvalue weighted by Gasteiger charge is 2.23. The molecule has 0 saturated carbocycles. The van der Waals surface area contributed by atoms with E-state index in [4.69, 9.17) is 10.5 Å². The van der Waals surface area contributed by atoms with Gasteiger partial charge < -0.3 is 10.5 Å². The molecule has 0 bridgehead atoms. The van der Waals surface area contributed by atoms with Gasteiger partial charge in [0.05, 0.1) is 0 Å². The molecule has 1 fully saturated rings. The van der Waals surface area contributed by atoms with Gasteiger partial charge in [0.2, 0.25) is 0 Å². The van der Waals surface area contributed by atoms with Gasteiger partial charge in [-0.25, -0.2) is 9.80 Å². The first kappa shape index (κ1) is 13.8. The molecule has 104 valence electrons. The van der Waals surface area contributed by atoms with Gasteiger partial charge in [-0.1, -0.05) is 30.3 Å². The largest absolute Gasteiger partial charge is 0.444 e. The molecule has 1 aliphatic rings. The van der Waals surface area contributed by atoms with Crippen LogP contribution in [0, 0.1) is 5.92 Å². The summed E-state index contributed by atoms with van der Waals surface area (Å²) in [5.41, 5.74) is 9.29. The summed E-state index contributed by atoms with van der Waals surface area (Å²) >= 11 is 0. The maximum atomic E-state index is 11.6. The van der Waals surface area contributed by atoms with E-state index in [-0.39, 0.29) is 0 Å². The summed E-state index contributed by atoms with van der Waals surface area (Å²) in [4.78, 5) is 11.6. The van der Waals surface area contributed by atoms with Crippen molar-refractivity contribution in [1.29, 1.82) is 0 Å². The molecule has 1 aliphatic heterocycles. The smallest absolute Gasteiger partial charge is 0.422 e. The average molecular weight is 263 g/mol. The van der Waals surface area contributed by atoms with E-state index in [1.165, 1.54) is 0 Å². The zero-order valence-electron chi connectivity index (χ0n) is 11.0. The highest BCUT2D eigenvalue weighted by molar-refractivity contribution is 5.66. The van der Waals surface area contributed by atoms with Crippen LogP contribution in [0.1, 0.15) is 18.4 Å². The molecule has 1 aromatic carbocycles.